The minimum atomic E-state index is 0.0143. The second-order valence-corrected chi connectivity index (χ2v) is 4.49. The summed E-state index contributed by atoms with van der Waals surface area (Å²) in [5.74, 6) is 0.183. The van der Waals surface area contributed by atoms with E-state index in [0.29, 0.717) is 19.6 Å². The average molecular weight is 228 g/mol. The van der Waals surface area contributed by atoms with Crippen molar-refractivity contribution >= 4 is 5.91 Å². The van der Waals surface area contributed by atoms with Crippen LogP contribution in [0.3, 0.4) is 0 Å². The molecule has 2 N–H and O–H groups in total. The van der Waals surface area contributed by atoms with Gasteiger partial charge in [0.1, 0.15) is 0 Å². The largest absolute Gasteiger partial charge is 0.375 e. The molecule has 0 bridgehead atoms. The number of morpholine rings is 1. The molecule has 1 aliphatic heterocycles. The molecule has 1 aliphatic rings. The molecular weight excluding hydrogens is 204 g/mol. The average Bonchev–Trinajstić information content (AvgIpc) is 2.29. The Kier molecular flexibility index (Phi) is 5.77. The smallest absolute Gasteiger partial charge is 0.224 e. The van der Waals surface area contributed by atoms with Gasteiger partial charge in [0.2, 0.25) is 5.91 Å². The Morgan fingerprint density at radius 2 is 2.31 bits per heavy atom. The molecule has 0 saturated carbocycles. The highest BCUT2D eigenvalue weighted by Gasteiger charge is 2.23. The number of nitrogens with two attached hydrogens (primary N) is 1. The second kappa shape index (κ2) is 6.86. The lowest BCUT2D eigenvalue weighted by molar-refractivity contribution is -0.139. The minimum absolute atomic E-state index is 0.0143. The number of ether oxygens (including phenoxy) is 1. The zero-order valence-corrected chi connectivity index (χ0v) is 10.4. The Morgan fingerprint density at radius 3 is 2.94 bits per heavy atom. The van der Waals surface area contributed by atoms with E-state index in [1.165, 1.54) is 0 Å². The maximum Gasteiger partial charge on any atom is 0.224 e. The Balaban J connectivity index is 2.35. The van der Waals surface area contributed by atoms with Crippen molar-refractivity contribution in [1.82, 2.24) is 4.90 Å². The van der Waals surface area contributed by atoms with Crippen LogP contribution in [0.5, 0.6) is 0 Å². The van der Waals surface area contributed by atoms with Gasteiger partial charge in [0.15, 0.2) is 0 Å². The number of nitrogens with zero attached hydrogens (tertiary/aromatic N) is 1. The van der Waals surface area contributed by atoms with Crippen molar-refractivity contribution in [2.75, 3.05) is 19.7 Å². The van der Waals surface area contributed by atoms with Crippen molar-refractivity contribution in [1.29, 1.82) is 0 Å². The van der Waals surface area contributed by atoms with Gasteiger partial charge in [0.05, 0.1) is 12.7 Å². The quantitative estimate of drug-likeness (QED) is 0.767. The molecule has 94 valence electrons. The van der Waals surface area contributed by atoms with Gasteiger partial charge in [0.25, 0.3) is 0 Å². The minimum Gasteiger partial charge on any atom is -0.375 e. The zero-order valence-electron chi connectivity index (χ0n) is 10.4. The van der Waals surface area contributed by atoms with E-state index in [1.54, 1.807) is 0 Å². The highest BCUT2D eigenvalue weighted by molar-refractivity contribution is 5.76. The van der Waals surface area contributed by atoms with Crippen LogP contribution in [0.1, 0.15) is 39.5 Å². The van der Waals surface area contributed by atoms with E-state index < -0.39 is 0 Å². The summed E-state index contributed by atoms with van der Waals surface area (Å²) in [6.07, 6.45) is 3.61. The molecule has 0 aromatic carbocycles. The predicted octanol–water partition coefficient (Wildman–Crippen LogP) is 1.14. The maximum atomic E-state index is 11.9. The van der Waals surface area contributed by atoms with E-state index >= 15 is 0 Å². The number of hydrogen-bond donors (Lipinski definition) is 1. The monoisotopic (exact) mass is 228 g/mol. The summed E-state index contributed by atoms with van der Waals surface area (Å²) in [5.41, 5.74) is 5.88. The summed E-state index contributed by atoms with van der Waals surface area (Å²) in [6, 6.07) is 0.0143. The van der Waals surface area contributed by atoms with Crippen LogP contribution < -0.4 is 5.73 Å². The number of carbonyl (C=O) groups is 1. The molecule has 1 fully saturated rings. The van der Waals surface area contributed by atoms with Crippen LogP contribution in [-0.2, 0) is 9.53 Å². The van der Waals surface area contributed by atoms with Gasteiger partial charge in [-0.15, -0.1) is 0 Å². The van der Waals surface area contributed by atoms with Crippen LogP contribution in [-0.4, -0.2) is 42.6 Å². The number of hydrogen-bond acceptors (Lipinski definition) is 3. The van der Waals surface area contributed by atoms with Crippen molar-refractivity contribution in [2.45, 2.75) is 51.7 Å². The molecule has 0 spiro atoms. The molecule has 0 aliphatic carbocycles. The van der Waals surface area contributed by atoms with Crippen LogP contribution in [0.25, 0.3) is 0 Å². The van der Waals surface area contributed by atoms with Crippen molar-refractivity contribution in [3.8, 4) is 0 Å². The molecule has 1 rings (SSSR count). The van der Waals surface area contributed by atoms with Crippen LogP contribution >= 0.6 is 0 Å². The molecule has 0 aromatic rings. The third kappa shape index (κ3) is 4.10. The summed E-state index contributed by atoms with van der Waals surface area (Å²) in [4.78, 5) is 13.8. The summed E-state index contributed by atoms with van der Waals surface area (Å²) in [6.45, 7) is 6.28. The predicted molar refractivity (Wildman–Crippen MR) is 64.1 cm³/mol. The third-order valence-electron chi connectivity index (χ3n) is 3.04. The van der Waals surface area contributed by atoms with E-state index in [2.05, 4.69) is 13.8 Å². The molecule has 1 amide bonds. The number of rotatable bonds is 5. The number of carbonyl (C=O) groups excluding carboxylic acids is 1. The maximum absolute atomic E-state index is 11.9. The van der Waals surface area contributed by atoms with Gasteiger partial charge in [-0.25, -0.2) is 0 Å². The fourth-order valence-corrected chi connectivity index (χ4v) is 2.02. The molecule has 4 nitrogen and oxygen atoms in total. The molecule has 16 heavy (non-hydrogen) atoms. The summed E-state index contributed by atoms with van der Waals surface area (Å²) >= 11 is 0. The van der Waals surface area contributed by atoms with Crippen molar-refractivity contribution in [3.63, 3.8) is 0 Å². The van der Waals surface area contributed by atoms with E-state index in [4.69, 9.17) is 10.5 Å². The first-order valence-electron chi connectivity index (χ1n) is 6.32. The van der Waals surface area contributed by atoms with Gasteiger partial charge in [-0.1, -0.05) is 20.3 Å². The van der Waals surface area contributed by atoms with Crippen molar-refractivity contribution < 1.29 is 9.53 Å². The normalized spacial score (nSPS) is 23.2. The van der Waals surface area contributed by atoms with Crippen molar-refractivity contribution in [2.24, 2.45) is 5.73 Å². The first-order valence-corrected chi connectivity index (χ1v) is 6.32. The number of amides is 1. The molecule has 1 heterocycles. The lowest BCUT2D eigenvalue weighted by Gasteiger charge is -2.33. The Labute approximate surface area is 98.1 Å². The summed E-state index contributed by atoms with van der Waals surface area (Å²) in [7, 11) is 0. The lowest BCUT2D eigenvalue weighted by Crippen LogP contribution is -2.46. The first kappa shape index (κ1) is 13.5. The van der Waals surface area contributed by atoms with Crippen LogP contribution in [0.4, 0.5) is 0 Å². The fourth-order valence-electron chi connectivity index (χ4n) is 2.02. The van der Waals surface area contributed by atoms with Gasteiger partial charge in [-0.05, 0) is 12.8 Å². The highest BCUT2D eigenvalue weighted by atomic mass is 16.5. The van der Waals surface area contributed by atoms with E-state index in [-0.39, 0.29) is 18.1 Å². The Bertz CT molecular complexity index is 221. The van der Waals surface area contributed by atoms with Gasteiger partial charge in [-0.2, -0.15) is 0 Å². The van der Waals surface area contributed by atoms with Gasteiger partial charge < -0.3 is 15.4 Å². The summed E-state index contributed by atoms with van der Waals surface area (Å²) < 4.78 is 5.53. The first-order chi connectivity index (χ1) is 7.67. The van der Waals surface area contributed by atoms with Crippen LogP contribution in [0.2, 0.25) is 0 Å². The molecule has 2 atom stereocenters. The van der Waals surface area contributed by atoms with Crippen LogP contribution in [0.15, 0.2) is 0 Å². The Morgan fingerprint density at radius 1 is 1.56 bits per heavy atom. The second-order valence-electron chi connectivity index (χ2n) is 4.49. The molecule has 4 heteroatoms. The molecular formula is C12H24N2O2. The SMILES string of the molecule is CCCC(N)CC(=O)N1CCOC(CC)C1. The molecule has 1 saturated heterocycles. The molecule has 0 radical (unpaired) electrons. The highest BCUT2D eigenvalue weighted by Crippen LogP contribution is 2.10. The van der Waals surface area contributed by atoms with Gasteiger partial charge in [0, 0.05) is 25.6 Å². The zero-order chi connectivity index (χ0) is 12.0. The molecule has 2 unspecified atom stereocenters. The molecule has 0 aromatic heterocycles. The van der Waals surface area contributed by atoms with Crippen molar-refractivity contribution in [3.05, 3.63) is 0 Å². The third-order valence-corrected chi connectivity index (χ3v) is 3.04. The van der Waals surface area contributed by atoms with Gasteiger partial charge >= 0.3 is 0 Å². The summed E-state index contributed by atoms with van der Waals surface area (Å²) in [5, 5.41) is 0. The van der Waals surface area contributed by atoms with Crippen LogP contribution in [0, 0.1) is 0 Å². The van der Waals surface area contributed by atoms with E-state index in [9.17, 15) is 4.79 Å². The topological polar surface area (TPSA) is 55.6 Å². The van der Waals surface area contributed by atoms with E-state index in [0.717, 1.165) is 25.8 Å². The van der Waals surface area contributed by atoms with E-state index in [1.807, 2.05) is 4.90 Å². The lowest BCUT2D eigenvalue weighted by atomic mass is 10.1. The Hall–Kier alpha value is -0.610. The van der Waals surface area contributed by atoms with Gasteiger partial charge in [-0.3, -0.25) is 4.79 Å². The fraction of sp³-hybridized carbons (Fsp3) is 0.917. The standard InChI is InChI=1S/C12H24N2O2/c1-3-5-10(13)8-12(15)14-6-7-16-11(4-2)9-14/h10-11H,3-9,13H2,1-2H3.